The summed E-state index contributed by atoms with van der Waals surface area (Å²) in [5.74, 6) is -0.520. The molecule has 3 rings (SSSR count). The quantitative estimate of drug-likeness (QED) is 0.662. The predicted octanol–water partition coefficient (Wildman–Crippen LogP) is 4.71. The van der Waals surface area contributed by atoms with Crippen LogP contribution in [-0.4, -0.2) is 24.6 Å². The van der Waals surface area contributed by atoms with Crippen LogP contribution in [0.5, 0.6) is 0 Å². The number of fused-ring (bicyclic) bond motifs is 1. The number of anilines is 1. The van der Waals surface area contributed by atoms with Gasteiger partial charge in [0, 0.05) is 12.5 Å². The zero-order valence-electron chi connectivity index (χ0n) is 13.0. The second kappa shape index (κ2) is 6.68. The Morgan fingerprint density at radius 3 is 2.68 bits per heavy atom. The van der Waals surface area contributed by atoms with Gasteiger partial charge in [-0.25, -0.2) is 17.8 Å². The molecule has 25 heavy (non-hydrogen) atoms. The van der Waals surface area contributed by atoms with Crippen LogP contribution in [-0.2, 0) is 9.84 Å². The highest BCUT2D eigenvalue weighted by molar-refractivity contribution is 7.92. The molecule has 0 saturated carbocycles. The third-order valence-corrected chi connectivity index (χ3v) is 6.69. The summed E-state index contributed by atoms with van der Waals surface area (Å²) in [4.78, 5) is 8.23. The summed E-state index contributed by atoms with van der Waals surface area (Å²) in [7, 11) is -3.48. The van der Waals surface area contributed by atoms with Crippen molar-refractivity contribution in [2.24, 2.45) is 0 Å². The fraction of sp³-hybridized carbons (Fsp3) is 0.200. The highest BCUT2D eigenvalue weighted by Gasteiger charge is 2.20. The van der Waals surface area contributed by atoms with Gasteiger partial charge in [0.1, 0.15) is 5.82 Å². The Morgan fingerprint density at radius 2 is 2.04 bits per heavy atom. The summed E-state index contributed by atoms with van der Waals surface area (Å²) in [6.45, 7) is 1.76. The van der Waals surface area contributed by atoms with Gasteiger partial charge in [0.15, 0.2) is 0 Å². The van der Waals surface area contributed by atoms with Crippen molar-refractivity contribution in [1.82, 2.24) is 9.97 Å². The molecule has 0 aliphatic heterocycles. The Kier molecular flexibility index (Phi) is 4.89. The minimum Gasteiger partial charge on any atom is -0.373 e. The maximum atomic E-state index is 14.4. The molecule has 1 unspecified atom stereocenters. The molecule has 2 aromatic heterocycles. The lowest BCUT2D eigenvalue weighted by atomic mass is 10.2. The molecule has 10 heteroatoms. The number of sulfone groups is 1. The van der Waals surface area contributed by atoms with Crippen molar-refractivity contribution in [1.29, 1.82) is 0 Å². The van der Waals surface area contributed by atoms with Gasteiger partial charge >= 0.3 is 0 Å². The van der Waals surface area contributed by atoms with Gasteiger partial charge in [0.25, 0.3) is 0 Å². The molecule has 0 aliphatic carbocycles. The number of nitrogens with one attached hydrogen (secondary N) is 1. The third-order valence-electron chi connectivity index (χ3n) is 3.41. The molecule has 0 spiro atoms. The number of benzene rings is 1. The van der Waals surface area contributed by atoms with E-state index in [1.165, 1.54) is 18.3 Å². The molecule has 0 fully saturated rings. The summed E-state index contributed by atoms with van der Waals surface area (Å²) < 4.78 is 38.1. The molecular weight excluding hydrogens is 408 g/mol. The van der Waals surface area contributed by atoms with E-state index >= 15 is 0 Å². The number of rotatable bonds is 4. The second-order valence-corrected chi connectivity index (χ2v) is 9.44. The average molecular weight is 420 g/mol. The van der Waals surface area contributed by atoms with Crippen molar-refractivity contribution in [2.45, 2.75) is 17.3 Å². The van der Waals surface area contributed by atoms with Gasteiger partial charge in [-0.05, 0) is 25.1 Å². The fourth-order valence-electron chi connectivity index (χ4n) is 2.27. The molecule has 5 nitrogen and oxygen atoms in total. The first-order valence-corrected chi connectivity index (χ1v) is 10.5. The summed E-state index contributed by atoms with van der Waals surface area (Å²) in [6, 6.07) is 3.79. The van der Waals surface area contributed by atoms with E-state index in [0.29, 0.717) is 26.0 Å². The molecule has 0 aliphatic rings. The molecule has 1 atom stereocenters. The van der Waals surface area contributed by atoms with E-state index in [9.17, 15) is 12.8 Å². The molecule has 1 N–H and O–H groups in total. The van der Waals surface area contributed by atoms with Gasteiger partial charge in [-0.1, -0.05) is 23.2 Å². The maximum absolute atomic E-state index is 14.4. The van der Waals surface area contributed by atoms with E-state index in [0.717, 1.165) is 17.6 Å². The lowest BCUT2D eigenvalue weighted by Crippen LogP contribution is -2.10. The summed E-state index contributed by atoms with van der Waals surface area (Å²) in [5.41, 5.74) is 1.05. The molecule has 3 aromatic rings. The molecule has 0 bridgehead atoms. The van der Waals surface area contributed by atoms with Crippen molar-refractivity contribution < 1.29 is 12.8 Å². The first kappa shape index (κ1) is 18.3. The molecular formula is C15H12Cl2FN3O2S2. The van der Waals surface area contributed by atoms with Gasteiger partial charge in [0.05, 0.1) is 37.7 Å². The Bertz CT molecular complexity index is 1070. The van der Waals surface area contributed by atoms with Crippen molar-refractivity contribution in [3.8, 4) is 0 Å². The number of halogens is 3. The van der Waals surface area contributed by atoms with E-state index < -0.39 is 21.7 Å². The van der Waals surface area contributed by atoms with E-state index in [1.54, 1.807) is 13.0 Å². The van der Waals surface area contributed by atoms with E-state index in [2.05, 4.69) is 15.3 Å². The smallest absolute Gasteiger partial charge is 0.210 e. The Balaban J connectivity index is 2.05. The van der Waals surface area contributed by atoms with Crippen LogP contribution < -0.4 is 5.32 Å². The summed E-state index contributed by atoms with van der Waals surface area (Å²) in [6.07, 6.45) is 2.51. The minimum absolute atomic E-state index is 0.0635. The summed E-state index contributed by atoms with van der Waals surface area (Å²) >= 11 is 12.9. The topological polar surface area (TPSA) is 72.0 Å². The van der Waals surface area contributed by atoms with E-state index in [-0.39, 0.29) is 10.0 Å². The number of thiazole rings is 1. The van der Waals surface area contributed by atoms with Crippen LogP contribution >= 0.6 is 34.5 Å². The number of hydrogen-bond acceptors (Lipinski definition) is 6. The standard InChI is InChI=1S/C15H12Cl2FN3O2S2/c1-7(12-9(17)5-8(16)6-19-12)20-13-10(18)3-4-11-14(13)24-15(21-11)25(2,22)23/h3-7,20H,1-2H3. The first-order chi connectivity index (χ1) is 11.7. The van der Waals surface area contributed by atoms with Crippen molar-refractivity contribution in [3.05, 3.63) is 46.0 Å². The van der Waals surface area contributed by atoms with Gasteiger partial charge < -0.3 is 5.32 Å². The highest BCUT2D eigenvalue weighted by Crippen LogP contribution is 2.36. The monoisotopic (exact) mass is 419 g/mol. The normalized spacial score (nSPS) is 13.2. The van der Waals surface area contributed by atoms with Crippen molar-refractivity contribution in [3.63, 3.8) is 0 Å². The van der Waals surface area contributed by atoms with Gasteiger partial charge in [0.2, 0.25) is 14.2 Å². The molecule has 0 amide bonds. The van der Waals surface area contributed by atoms with Crippen LogP contribution in [0, 0.1) is 5.82 Å². The molecule has 0 radical (unpaired) electrons. The predicted molar refractivity (Wildman–Crippen MR) is 99.0 cm³/mol. The zero-order chi connectivity index (χ0) is 18.4. The van der Waals surface area contributed by atoms with Crippen LogP contribution in [0.2, 0.25) is 10.0 Å². The molecule has 0 saturated heterocycles. The van der Waals surface area contributed by atoms with Crippen LogP contribution in [0.3, 0.4) is 0 Å². The van der Waals surface area contributed by atoms with Crippen LogP contribution in [0.15, 0.2) is 28.7 Å². The maximum Gasteiger partial charge on any atom is 0.210 e. The van der Waals surface area contributed by atoms with Crippen molar-refractivity contribution >= 4 is 60.3 Å². The molecule has 2 heterocycles. The molecule has 1 aromatic carbocycles. The van der Waals surface area contributed by atoms with Crippen molar-refractivity contribution in [2.75, 3.05) is 11.6 Å². The number of pyridine rings is 1. The highest BCUT2D eigenvalue weighted by atomic mass is 35.5. The van der Waals surface area contributed by atoms with Crippen LogP contribution in [0.4, 0.5) is 10.1 Å². The van der Waals surface area contributed by atoms with Gasteiger partial charge in [-0.15, -0.1) is 11.3 Å². The lowest BCUT2D eigenvalue weighted by Gasteiger charge is -2.17. The second-order valence-electron chi connectivity index (χ2n) is 5.41. The molecule has 132 valence electrons. The number of nitrogens with zero attached hydrogens (tertiary/aromatic N) is 2. The number of hydrogen-bond donors (Lipinski definition) is 1. The van der Waals surface area contributed by atoms with Gasteiger partial charge in [-0.3, -0.25) is 4.98 Å². The number of aromatic nitrogens is 2. The fourth-order valence-corrected chi connectivity index (χ4v) is 4.73. The van der Waals surface area contributed by atoms with E-state index in [1.807, 2.05) is 0 Å². The average Bonchev–Trinajstić information content (AvgIpc) is 2.94. The first-order valence-electron chi connectivity index (χ1n) is 7.03. The SMILES string of the molecule is CC(Nc1c(F)ccc2nc(S(C)(=O)=O)sc12)c1ncc(Cl)cc1Cl. The Hall–Kier alpha value is -1.48. The van der Waals surface area contributed by atoms with E-state index in [4.69, 9.17) is 23.2 Å². The summed E-state index contributed by atoms with van der Waals surface area (Å²) in [5, 5.41) is 3.75. The minimum atomic E-state index is -3.48. The van der Waals surface area contributed by atoms with Gasteiger partial charge in [-0.2, -0.15) is 0 Å². The third kappa shape index (κ3) is 3.72. The largest absolute Gasteiger partial charge is 0.373 e. The Labute approximate surface area is 157 Å². The lowest BCUT2D eigenvalue weighted by molar-refractivity contribution is 0.601. The Morgan fingerprint density at radius 1 is 1.32 bits per heavy atom. The van der Waals surface area contributed by atoms with Crippen LogP contribution in [0.1, 0.15) is 18.7 Å². The zero-order valence-corrected chi connectivity index (χ0v) is 16.2. The van der Waals surface area contributed by atoms with Crippen LogP contribution in [0.25, 0.3) is 10.2 Å².